The molecule has 0 aliphatic heterocycles. The lowest BCUT2D eigenvalue weighted by Gasteiger charge is -2.04. The van der Waals surface area contributed by atoms with Crippen molar-refractivity contribution in [2.24, 2.45) is 0 Å². The maximum atomic E-state index is 11.5. The number of hydrogen-bond donors (Lipinski definition) is 0. The molecule has 0 radical (unpaired) electrons. The summed E-state index contributed by atoms with van der Waals surface area (Å²) in [4.78, 5) is 0. The fraction of sp³-hybridized carbons (Fsp3) is 1.00. The number of rotatable bonds is 3. The van der Waals surface area contributed by atoms with E-state index in [-0.39, 0.29) is 6.42 Å². The third kappa shape index (κ3) is 8.97. The van der Waals surface area contributed by atoms with Gasteiger partial charge in [-0.1, -0.05) is 0 Å². The van der Waals surface area contributed by atoms with Crippen molar-refractivity contribution < 1.29 is 13.2 Å². The summed E-state index contributed by atoms with van der Waals surface area (Å²) in [5.74, 6) is 0. The highest BCUT2D eigenvalue weighted by Gasteiger charge is 2.26. The molecule has 0 amide bonds. The van der Waals surface area contributed by atoms with Gasteiger partial charge in [0.1, 0.15) is 0 Å². The van der Waals surface area contributed by atoms with Crippen LogP contribution in [0.3, 0.4) is 0 Å². The minimum atomic E-state index is -3.98. The lowest BCUT2D eigenvalue weighted by Crippen LogP contribution is -2.07. The van der Waals surface area contributed by atoms with E-state index in [9.17, 15) is 13.2 Å². The van der Waals surface area contributed by atoms with Crippen molar-refractivity contribution >= 4 is 36.6 Å². The second kappa shape index (κ2) is 4.77. The molecular formula is C4H7Br2F3Si. The summed E-state index contributed by atoms with van der Waals surface area (Å²) in [6.45, 7) is 0. The van der Waals surface area contributed by atoms with Crippen molar-refractivity contribution in [3.8, 4) is 0 Å². The van der Waals surface area contributed by atoms with Crippen LogP contribution in [0.2, 0.25) is 6.04 Å². The van der Waals surface area contributed by atoms with E-state index in [1.807, 2.05) is 0 Å². The van der Waals surface area contributed by atoms with Gasteiger partial charge in [0.25, 0.3) is 0 Å². The predicted molar refractivity (Wildman–Crippen MR) is 45.1 cm³/mol. The van der Waals surface area contributed by atoms with Crippen molar-refractivity contribution in [3.63, 3.8) is 0 Å². The van der Waals surface area contributed by atoms with Crippen molar-refractivity contribution in [2.45, 2.75) is 25.1 Å². The molecule has 0 atom stereocenters. The van der Waals surface area contributed by atoms with E-state index in [2.05, 4.69) is 30.6 Å². The Morgan fingerprint density at radius 3 is 2.00 bits per heavy atom. The first-order valence-corrected chi connectivity index (χ1v) is 9.95. The zero-order chi connectivity index (χ0) is 8.20. The largest absolute Gasteiger partial charge is 0.389 e. The molecule has 0 aromatic carbocycles. The molecule has 0 saturated carbocycles. The van der Waals surface area contributed by atoms with Gasteiger partial charge in [0, 0.05) is 6.42 Å². The molecule has 0 nitrogen and oxygen atoms in total. The highest BCUT2D eigenvalue weighted by atomic mass is 79.9. The molecule has 0 bridgehead atoms. The van der Waals surface area contributed by atoms with Crippen LogP contribution < -0.4 is 0 Å². The van der Waals surface area contributed by atoms with Crippen molar-refractivity contribution in [2.75, 3.05) is 0 Å². The van der Waals surface area contributed by atoms with Gasteiger partial charge in [0.05, 0.1) is 0 Å². The zero-order valence-corrected chi connectivity index (χ0v) is 9.42. The standard InChI is InChI=1S/C4H7Br2F3Si/c5-10(6)3-1-2-4(7,8)9/h10H,1-3H2. The Morgan fingerprint density at radius 2 is 1.70 bits per heavy atom. The highest BCUT2D eigenvalue weighted by Crippen LogP contribution is 2.24. The van der Waals surface area contributed by atoms with Gasteiger partial charge in [-0.3, -0.25) is 0 Å². The van der Waals surface area contributed by atoms with Crippen molar-refractivity contribution in [1.82, 2.24) is 0 Å². The quantitative estimate of drug-likeness (QED) is 0.554. The van der Waals surface area contributed by atoms with Gasteiger partial charge in [-0.05, 0) is 12.5 Å². The number of hydrogen-bond acceptors (Lipinski definition) is 0. The summed E-state index contributed by atoms with van der Waals surface area (Å²) >= 11 is 6.46. The minimum Gasteiger partial charge on any atom is -0.171 e. The third-order valence-corrected chi connectivity index (χ3v) is 4.47. The molecule has 0 saturated heterocycles. The molecule has 0 aromatic heterocycles. The summed E-state index contributed by atoms with van der Waals surface area (Å²) < 4.78 is 34.5. The Labute approximate surface area is 74.9 Å². The molecule has 10 heavy (non-hydrogen) atoms. The molecule has 0 aliphatic carbocycles. The Morgan fingerprint density at radius 1 is 1.20 bits per heavy atom. The second-order valence-corrected chi connectivity index (χ2v) is 13.6. The topological polar surface area (TPSA) is 0 Å². The van der Waals surface area contributed by atoms with Gasteiger partial charge in [0.2, 0.25) is 0 Å². The van der Waals surface area contributed by atoms with E-state index < -0.39 is 18.6 Å². The van der Waals surface area contributed by atoms with Gasteiger partial charge < -0.3 is 0 Å². The monoisotopic (exact) mass is 298 g/mol. The maximum Gasteiger partial charge on any atom is 0.389 e. The van der Waals surface area contributed by atoms with Crippen LogP contribution in [-0.4, -0.2) is 12.2 Å². The zero-order valence-electron chi connectivity index (χ0n) is 5.09. The number of alkyl halides is 3. The Bertz CT molecular complexity index is 93.0. The molecular weight excluding hydrogens is 293 g/mol. The average Bonchev–Trinajstić information content (AvgIpc) is 1.59. The molecule has 0 aliphatic rings. The SMILES string of the molecule is FC(F)(F)CCC[SiH](Br)Br. The van der Waals surface area contributed by atoms with Crippen LogP contribution in [0, 0.1) is 0 Å². The van der Waals surface area contributed by atoms with Crippen LogP contribution >= 0.6 is 30.6 Å². The first-order chi connectivity index (χ1) is 4.42. The molecule has 0 spiro atoms. The van der Waals surface area contributed by atoms with Gasteiger partial charge in [0.15, 0.2) is 6.04 Å². The summed E-state index contributed by atoms with van der Waals surface area (Å²) in [5.41, 5.74) is 0. The van der Waals surface area contributed by atoms with E-state index in [1.54, 1.807) is 0 Å². The number of halogens is 5. The minimum absolute atomic E-state index is 0.233. The smallest absolute Gasteiger partial charge is 0.171 e. The van der Waals surface area contributed by atoms with Crippen LogP contribution in [0.5, 0.6) is 0 Å². The molecule has 0 rings (SSSR count). The van der Waals surface area contributed by atoms with Crippen LogP contribution in [-0.2, 0) is 0 Å². The van der Waals surface area contributed by atoms with Crippen molar-refractivity contribution in [3.05, 3.63) is 0 Å². The summed E-state index contributed by atoms with van der Waals surface area (Å²) in [7, 11) is 0. The Kier molecular flexibility index (Phi) is 5.23. The highest BCUT2D eigenvalue weighted by molar-refractivity contribution is 9.49. The third-order valence-electron chi connectivity index (χ3n) is 0.883. The van der Waals surface area contributed by atoms with E-state index in [0.29, 0.717) is 6.04 Å². The molecule has 0 aromatic rings. The van der Waals surface area contributed by atoms with Crippen LogP contribution in [0.4, 0.5) is 13.2 Å². The van der Waals surface area contributed by atoms with E-state index in [1.165, 1.54) is 0 Å². The van der Waals surface area contributed by atoms with Gasteiger partial charge in [-0.15, -0.1) is 30.6 Å². The van der Waals surface area contributed by atoms with Crippen LogP contribution in [0.1, 0.15) is 12.8 Å². The molecule has 0 heterocycles. The summed E-state index contributed by atoms with van der Waals surface area (Å²) in [6.07, 6.45) is -4.41. The second-order valence-electron chi connectivity index (χ2n) is 1.90. The fourth-order valence-electron chi connectivity index (χ4n) is 0.457. The first kappa shape index (κ1) is 11.0. The van der Waals surface area contributed by atoms with E-state index in [0.717, 1.165) is 0 Å². The summed E-state index contributed by atoms with van der Waals surface area (Å²) in [6, 6.07) is -0.497. The van der Waals surface area contributed by atoms with Crippen LogP contribution in [0.15, 0.2) is 0 Å². The van der Waals surface area contributed by atoms with E-state index in [4.69, 9.17) is 0 Å². The molecule has 0 fully saturated rings. The van der Waals surface area contributed by atoms with Crippen molar-refractivity contribution in [1.29, 1.82) is 0 Å². The van der Waals surface area contributed by atoms with Gasteiger partial charge >= 0.3 is 6.18 Å². The maximum absolute atomic E-state index is 11.5. The molecule has 0 unspecified atom stereocenters. The molecule has 0 N–H and O–H groups in total. The Balaban J connectivity index is 3.21. The van der Waals surface area contributed by atoms with Gasteiger partial charge in [-0.2, -0.15) is 13.2 Å². The lowest BCUT2D eigenvalue weighted by atomic mass is 10.3. The normalized spacial score (nSPS) is 12.6. The van der Waals surface area contributed by atoms with E-state index >= 15 is 0 Å². The van der Waals surface area contributed by atoms with Crippen LogP contribution in [0.25, 0.3) is 0 Å². The molecule has 6 heteroatoms. The predicted octanol–water partition coefficient (Wildman–Crippen LogP) is 3.34. The summed E-state index contributed by atoms with van der Waals surface area (Å²) in [5, 5.41) is 0. The Hall–Kier alpha value is 0.967. The first-order valence-electron chi connectivity index (χ1n) is 2.77. The fourth-order valence-corrected chi connectivity index (χ4v) is 2.91. The lowest BCUT2D eigenvalue weighted by molar-refractivity contribution is -0.134. The molecule has 62 valence electrons. The van der Waals surface area contributed by atoms with Gasteiger partial charge in [-0.25, -0.2) is 0 Å². The average molecular weight is 300 g/mol.